The lowest BCUT2D eigenvalue weighted by Crippen LogP contribution is -2.54. The number of hydrogen-bond donors (Lipinski definition) is 0. The Morgan fingerprint density at radius 2 is 1.60 bits per heavy atom. The fourth-order valence-electron chi connectivity index (χ4n) is 2.61. The van der Waals surface area contributed by atoms with Gasteiger partial charge >= 0.3 is 0 Å². The van der Waals surface area contributed by atoms with Gasteiger partial charge in [0.15, 0.2) is 5.78 Å². The molecule has 0 bridgehead atoms. The maximum atomic E-state index is 12.2. The van der Waals surface area contributed by atoms with Crippen LogP contribution in [0.3, 0.4) is 0 Å². The number of hydrogen-bond acceptors (Lipinski definition) is 3. The minimum atomic E-state index is 0.229. The Morgan fingerprint density at radius 1 is 1.05 bits per heavy atom. The number of carbonyl (C=O) groups excluding carboxylic acids is 1. The van der Waals surface area contributed by atoms with E-state index in [-0.39, 0.29) is 11.3 Å². The second kappa shape index (κ2) is 6.06. The topological polar surface area (TPSA) is 23.6 Å². The van der Waals surface area contributed by atoms with Gasteiger partial charge in [0.25, 0.3) is 0 Å². The fraction of sp³-hybridized carbons (Fsp3) is 0.588. The van der Waals surface area contributed by atoms with Crippen LogP contribution in [0.15, 0.2) is 24.3 Å². The van der Waals surface area contributed by atoms with Crippen LogP contribution in [-0.2, 0) is 0 Å². The van der Waals surface area contributed by atoms with Gasteiger partial charge in [-0.15, -0.1) is 0 Å². The minimum absolute atomic E-state index is 0.229. The van der Waals surface area contributed by atoms with E-state index < -0.39 is 0 Å². The molecule has 0 aliphatic carbocycles. The molecule has 0 unspecified atom stereocenters. The summed E-state index contributed by atoms with van der Waals surface area (Å²) in [5.74, 6) is 0.231. The average molecular weight is 274 g/mol. The minimum Gasteiger partial charge on any atom is -0.296 e. The van der Waals surface area contributed by atoms with Crippen LogP contribution in [0.4, 0.5) is 0 Å². The molecule has 1 aliphatic heterocycles. The summed E-state index contributed by atoms with van der Waals surface area (Å²) in [6, 6.07) is 7.88. The van der Waals surface area contributed by atoms with Crippen molar-refractivity contribution in [1.82, 2.24) is 9.80 Å². The van der Waals surface area contributed by atoms with Crippen molar-refractivity contribution in [3.63, 3.8) is 0 Å². The van der Waals surface area contributed by atoms with Crippen molar-refractivity contribution < 1.29 is 4.79 Å². The van der Waals surface area contributed by atoms with Gasteiger partial charge in [0.2, 0.25) is 0 Å². The van der Waals surface area contributed by atoms with Crippen LogP contribution in [0.25, 0.3) is 0 Å². The van der Waals surface area contributed by atoms with Crippen LogP contribution >= 0.6 is 0 Å². The first kappa shape index (κ1) is 15.2. The Hall–Kier alpha value is -1.19. The standard InChI is InChI=1S/C17H26N2O/c1-14-5-7-15(8-6-14)16(20)13-18-9-11-19(12-10-18)17(2,3)4/h5-8H,9-13H2,1-4H3. The molecule has 1 heterocycles. The van der Waals surface area contributed by atoms with Crippen molar-refractivity contribution >= 4 is 5.78 Å². The number of rotatable bonds is 3. The summed E-state index contributed by atoms with van der Waals surface area (Å²) in [6.45, 7) is 13.4. The van der Waals surface area contributed by atoms with E-state index in [1.807, 2.05) is 31.2 Å². The van der Waals surface area contributed by atoms with Crippen LogP contribution in [-0.4, -0.2) is 53.8 Å². The SMILES string of the molecule is Cc1ccc(C(=O)CN2CCN(C(C)(C)C)CC2)cc1. The lowest BCUT2D eigenvalue weighted by Gasteiger charge is -2.42. The maximum Gasteiger partial charge on any atom is 0.176 e. The number of Topliss-reactive ketones (excluding diaryl/α,β-unsaturated/α-hetero) is 1. The second-order valence-corrected chi connectivity index (χ2v) is 6.72. The predicted molar refractivity (Wildman–Crippen MR) is 83.3 cm³/mol. The van der Waals surface area contributed by atoms with Gasteiger partial charge in [-0.05, 0) is 27.7 Å². The highest BCUT2D eigenvalue weighted by atomic mass is 16.1. The Kier molecular flexibility index (Phi) is 4.61. The monoisotopic (exact) mass is 274 g/mol. The number of aryl methyl sites for hydroxylation is 1. The van der Waals surface area contributed by atoms with E-state index in [0.717, 1.165) is 31.7 Å². The van der Waals surface area contributed by atoms with E-state index in [9.17, 15) is 4.79 Å². The zero-order valence-electron chi connectivity index (χ0n) is 13.1. The van der Waals surface area contributed by atoms with Gasteiger partial charge in [-0.25, -0.2) is 0 Å². The lowest BCUT2D eigenvalue weighted by molar-refractivity contribution is 0.0579. The van der Waals surface area contributed by atoms with Crippen molar-refractivity contribution in [3.8, 4) is 0 Å². The van der Waals surface area contributed by atoms with Crippen molar-refractivity contribution in [2.45, 2.75) is 33.2 Å². The molecule has 3 nitrogen and oxygen atoms in total. The first-order valence-electron chi connectivity index (χ1n) is 7.43. The normalized spacial score (nSPS) is 18.2. The molecule has 110 valence electrons. The molecule has 20 heavy (non-hydrogen) atoms. The summed E-state index contributed by atoms with van der Waals surface area (Å²) in [6.07, 6.45) is 0. The summed E-state index contributed by atoms with van der Waals surface area (Å²) in [7, 11) is 0. The smallest absolute Gasteiger partial charge is 0.176 e. The molecule has 0 amide bonds. The molecule has 1 saturated heterocycles. The summed E-state index contributed by atoms with van der Waals surface area (Å²) < 4.78 is 0. The molecule has 0 spiro atoms. The first-order valence-corrected chi connectivity index (χ1v) is 7.43. The summed E-state index contributed by atoms with van der Waals surface area (Å²) in [5, 5.41) is 0. The number of benzene rings is 1. The Bertz CT molecular complexity index is 451. The number of nitrogens with zero attached hydrogens (tertiary/aromatic N) is 2. The van der Waals surface area contributed by atoms with Gasteiger partial charge in [0, 0.05) is 37.3 Å². The van der Waals surface area contributed by atoms with E-state index in [1.54, 1.807) is 0 Å². The highest BCUT2D eigenvalue weighted by Gasteiger charge is 2.26. The van der Waals surface area contributed by atoms with E-state index in [1.165, 1.54) is 5.56 Å². The Labute approximate surface area is 122 Å². The zero-order chi connectivity index (χ0) is 14.8. The molecule has 0 radical (unpaired) electrons. The van der Waals surface area contributed by atoms with Gasteiger partial charge in [0.1, 0.15) is 0 Å². The Balaban J connectivity index is 1.86. The molecular formula is C17H26N2O. The summed E-state index contributed by atoms with van der Waals surface area (Å²) >= 11 is 0. The third-order valence-electron chi connectivity index (χ3n) is 4.06. The molecule has 1 aliphatic rings. The van der Waals surface area contributed by atoms with Crippen LogP contribution in [0.1, 0.15) is 36.7 Å². The van der Waals surface area contributed by atoms with Crippen LogP contribution in [0, 0.1) is 6.92 Å². The van der Waals surface area contributed by atoms with Crippen LogP contribution in [0.2, 0.25) is 0 Å². The molecule has 0 atom stereocenters. The quantitative estimate of drug-likeness (QED) is 0.792. The highest BCUT2D eigenvalue weighted by molar-refractivity contribution is 5.97. The van der Waals surface area contributed by atoms with E-state index >= 15 is 0 Å². The molecule has 0 N–H and O–H groups in total. The lowest BCUT2D eigenvalue weighted by atomic mass is 10.0. The van der Waals surface area contributed by atoms with Gasteiger partial charge in [-0.1, -0.05) is 29.8 Å². The molecule has 0 aromatic heterocycles. The summed E-state index contributed by atoms with van der Waals surface area (Å²) in [4.78, 5) is 17.0. The molecule has 1 aromatic rings. The predicted octanol–water partition coefficient (Wildman–Crippen LogP) is 2.59. The average Bonchev–Trinajstić information content (AvgIpc) is 2.39. The zero-order valence-corrected chi connectivity index (χ0v) is 13.1. The molecule has 3 heteroatoms. The highest BCUT2D eigenvalue weighted by Crippen LogP contribution is 2.16. The molecule has 2 rings (SSSR count). The molecule has 0 saturated carbocycles. The van der Waals surface area contributed by atoms with E-state index in [4.69, 9.17) is 0 Å². The summed E-state index contributed by atoms with van der Waals surface area (Å²) in [5.41, 5.74) is 2.25. The van der Waals surface area contributed by atoms with Crippen molar-refractivity contribution in [1.29, 1.82) is 0 Å². The number of ketones is 1. The van der Waals surface area contributed by atoms with Crippen molar-refractivity contribution in [2.24, 2.45) is 0 Å². The van der Waals surface area contributed by atoms with E-state index in [2.05, 4.69) is 30.6 Å². The third-order valence-corrected chi connectivity index (χ3v) is 4.06. The van der Waals surface area contributed by atoms with E-state index in [0.29, 0.717) is 6.54 Å². The largest absolute Gasteiger partial charge is 0.296 e. The first-order chi connectivity index (χ1) is 9.36. The van der Waals surface area contributed by atoms with Crippen LogP contribution < -0.4 is 0 Å². The van der Waals surface area contributed by atoms with Crippen molar-refractivity contribution in [2.75, 3.05) is 32.7 Å². The maximum absolute atomic E-state index is 12.2. The van der Waals surface area contributed by atoms with Crippen LogP contribution in [0.5, 0.6) is 0 Å². The Morgan fingerprint density at radius 3 is 2.10 bits per heavy atom. The van der Waals surface area contributed by atoms with Gasteiger partial charge < -0.3 is 0 Å². The molecule has 1 aromatic carbocycles. The molecule has 1 fully saturated rings. The van der Waals surface area contributed by atoms with Gasteiger partial charge in [-0.2, -0.15) is 0 Å². The third kappa shape index (κ3) is 3.90. The van der Waals surface area contributed by atoms with Crippen molar-refractivity contribution in [3.05, 3.63) is 35.4 Å². The number of piperazine rings is 1. The molecular weight excluding hydrogens is 248 g/mol. The number of carbonyl (C=O) groups is 1. The second-order valence-electron chi connectivity index (χ2n) is 6.72. The fourth-order valence-corrected chi connectivity index (χ4v) is 2.61. The van der Waals surface area contributed by atoms with Gasteiger partial charge in [0.05, 0.1) is 6.54 Å². The van der Waals surface area contributed by atoms with Gasteiger partial charge in [-0.3, -0.25) is 14.6 Å².